The van der Waals surface area contributed by atoms with Crippen LogP contribution in [0.15, 0.2) is 36.7 Å². The van der Waals surface area contributed by atoms with E-state index in [2.05, 4.69) is 15.3 Å². The van der Waals surface area contributed by atoms with Crippen LogP contribution in [-0.2, 0) is 0 Å². The fourth-order valence-corrected chi connectivity index (χ4v) is 3.56. The van der Waals surface area contributed by atoms with Gasteiger partial charge in [-0.3, -0.25) is 0 Å². The van der Waals surface area contributed by atoms with Gasteiger partial charge in [0.2, 0.25) is 0 Å². The van der Waals surface area contributed by atoms with Gasteiger partial charge in [-0.15, -0.1) is 0 Å². The third kappa shape index (κ3) is 3.15. The van der Waals surface area contributed by atoms with Gasteiger partial charge in [0.15, 0.2) is 0 Å². The number of aromatic nitrogens is 2. The normalized spacial score (nSPS) is 26.0. The minimum Gasteiger partial charge on any atom is -0.497 e. The molecule has 0 aliphatic carbocycles. The summed E-state index contributed by atoms with van der Waals surface area (Å²) in [7, 11) is 1.66. The third-order valence-electron chi connectivity index (χ3n) is 4.75. The standard InChI is InChI=1S/C18H21N3O2/c1-22-16-6-2-12(3-7-16)13-10-19-18(20-11-13)23-17-8-14-4-5-15(9-17)21-14/h2-3,6-7,10-11,14-15,17,21H,4-5,8-9H2,1H3/t14-,15+,17?. The molecule has 1 aromatic carbocycles. The van der Waals surface area contributed by atoms with Crippen molar-refractivity contribution in [3.8, 4) is 22.9 Å². The summed E-state index contributed by atoms with van der Waals surface area (Å²) >= 11 is 0. The van der Waals surface area contributed by atoms with E-state index in [0.717, 1.165) is 29.7 Å². The summed E-state index contributed by atoms with van der Waals surface area (Å²) in [6, 6.07) is 9.57. The number of piperidine rings is 1. The summed E-state index contributed by atoms with van der Waals surface area (Å²) in [5, 5.41) is 3.61. The van der Waals surface area contributed by atoms with Gasteiger partial charge in [-0.25, -0.2) is 9.97 Å². The molecule has 2 saturated heterocycles. The first-order valence-electron chi connectivity index (χ1n) is 8.19. The first-order chi connectivity index (χ1) is 11.3. The molecule has 3 atom stereocenters. The lowest BCUT2D eigenvalue weighted by molar-refractivity contribution is 0.126. The molecule has 5 heteroatoms. The van der Waals surface area contributed by atoms with E-state index in [4.69, 9.17) is 9.47 Å². The predicted molar refractivity (Wildman–Crippen MR) is 87.6 cm³/mol. The van der Waals surface area contributed by atoms with Crippen molar-refractivity contribution >= 4 is 0 Å². The van der Waals surface area contributed by atoms with E-state index in [1.807, 2.05) is 36.7 Å². The molecular weight excluding hydrogens is 290 g/mol. The van der Waals surface area contributed by atoms with E-state index in [0.29, 0.717) is 18.1 Å². The van der Waals surface area contributed by atoms with Gasteiger partial charge in [-0.1, -0.05) is 12.1 Å². The van der Waals surface area contributed by atoms with Gasteiger partial charge >= 0.3 is 6.01 Å². The molecule has 0 amide bonds. The number of fused-ring (bicyclic) bond motifs is 2. The Balaban J connectivity index is 1.43. The number of nitrogens with zero attached hydrogens (tertiary/aromatic N) is 2. The Morgan fingerprint density at radius 1 is 0.957 bits per heavy atom. The number of hydrogen-bond acceptors (Lipinski definition) is 5. The lowest BCUT2D eigenvalue weighted by Gasteiger charge is -2.28. The molecule has 0 saturated carbocycles. The molecule has 1 N–H and O–H groups in total. The minimum atomic E-state index is 0.237. The fraction of sp³-hybridized carbons (Fsp3) is 0.444. The molecule has 4 rings (SSSR count). The number of benzene rings is 1. The number of methoxy groups -OCH3 is 1. The number of ether oxygens (including phenoxy) is 2. The van der Waals surface area contributed by atoms with Gasteiger partial charge in [-0.05, 0) is 43.4 Å². The molecule has 2 aromatic rings. The molecule has 1 unspecified atom stereocenters. The zero-order chi connectivity index (χ0) is 15.6. The van der Waals surface area contributed by atoms with Crippen LogP contribution in [0.1, 0.15) is 25.7 Å². The van der Waals surface area contributed by atoms with Crippen molar-refractivity contribution in [1.82, 2.24) is 15.3 Å². The Kier molecular flexibility index (Phi) is 3.87. The van der Waals surface area contributed by atoms with Crippen LogP contribution in [0.2, 0.25) is 0 Å². The van der Waals surface area contributed by atoms with Crippen molar-refractivity contribution in [1.29, 1.82) is 0 Å². The maximum Gasteiger partial charge on any atom is 0.316 e. The number of hydrogen-bond donors (Lipinski definition) is 1. The Bertz CT molecular complexity index is 645. The maximum absolute atomic E-state index is 5.98. The van der Waals surface area contributed by atoms with Gasteiger partial charge in [0, 0.05) is 30.0 Å². The van der Waals surface area contributed by atoms with Crippen molar-refractivity contribution in [2.24, 2.45) is 0 Å². The molecule has 2 aliphatic rings. The maximum atomic E-state index is 5.98. The fourth-order valence-electron chi connectivity index (χ4n) is 3.56. The molecule has 0 spiro atoms. The second-order valence-electron chi connectivity index (χ2n) is 6.33. The summed E-state index contributed by atoms with van der Waals surface area (Å²) in [6.07, 6.45) is 8.52. The molecule has 23 heavy (non-hydrogen) atoms. The second-order valence-corrected chi connectivity index (χ2v) is 6.33. The van der Waals surface area contributed by atoms with Crippen LogP contribution in [0.25, 0.3) is 11.1 Å². The van der Waals surface area contributed by atoms with E-state index in [-0.39, 0.29) is 6.10 Å². The summed E-state index contributed by atoms with van der Waals surface area (Å²) in [5.74, 6) is 0.843. The van der Waals surface area contributed by atoms with Gasteiger partial charge in [-0.2, -0.15) is 0 Å². The highest BCUT2D eigenvalue weighted by atomic mass is 16.5. The van der Waals surface area contributed by atoms with Gasteiger partial charge in [0.05, 0.1) is 7.11 Å². The van der Waals surface area contributed by atoms with E-state index in [1.165, 1.54) is 12.8 Å². The van der Waals surface area contributed by atoms with E-state index < -0.39 is 0 Å². The molecule has 120 valence electrons. The monoisotopic (exact) mass is 311 g/mol. The van der Waals surface area contributed by atoms with Crippen LogP contribution in [0.5, 0.6) is 11.8 Å². The number of nitrogens with one attached hydrogen (secondary N) is 1. The molecular formula is C18H21N3O2. The van der Waals surface area contributed by atoms with Crippen molar-refractivity contribution in [3.05, 3.63) is 36.7 Å². The average molecular weight is 311 g/mol. The zero-order valence-electron chi connectivity index (χ0n) is 13.2. The average Bonchev–Trinajstić information content (AvgIpc) is 2.94. The van der Waals surface area contributed by atoms with Crippen molar-refractivity contribution in [2.45, 2.75) is 43.9 Å². The van der Waals surface area contributed by atoms with Crippen LogP contribution in [0, 0.1) is 0 Å². The van der Waals surface area contributed by atoms with E-state index >= 15 is 0 Å². The lowest BCUT2D eigenvalue weighted by atomic mass is 10.0. The summed E-state index contributed by atoms with van der Waals surface area (Å²) < 4.78 is 11.2. The van der Waals surface area contributed by atoms with Gasteiger partial charge in [0.1, 0.15) is 11.9 Å². The van der Waals surface area contributed by atoms with E-state index in [1.54, 1.807) is 7.11 Å². The van der Waals surface area contributed by atoms with Crippen molar-refractivity contribution < 1.29 is 9.47 Å². The Morgan fingerprint density at radius 2 is 1.61 bits per heavy atom. The summed E-state index contributed by atoms with van der Waals surface area (Å²) in [4.78, 5) is 8.75. The highest BCUT2D eigenvalue weighted by molar-refractivity contribution is 5.62. The smallest absolute Gasteiger partial charge is 0.316 e. The first kappa shape index (κ1) is 14.5. The Morgan fingerprint density at radius 3 is 2.22 bits per heavy atom. The van der Waals surface area contributed by atoms with E-state index in [9.17, 15) is 0 Å². The number of rotatable bonds is 4. The van der Waals surface area contributed by atoms with Crippen LogP contribution in [0.3, 0.4) is 0 Å². The molecule has 2 fully saturated rings. The Hall–Kier alpha value is -2.14. The van der Waals surface area contributed by atoms with Crippen molar-refractivity contribution in [3.63, 3.8) is 0 Å². The molecule has 2 bridgehead atoms. The van der Waals surface area contributed by atoms with Crippen LogP contribution < -0.4 is 14.8 Å². The molecule has 1 aromatic heterocycles. The molecule has 0 radical (unpaired) electrons. The minimum absolute atomic E-state index is 0.237. The Labute approximate surface area is 136 Å². The van der Waals surface area contributed by atoms with Crippen LogP contribution >= 0.6 is 0 Å². The molecule has 2 aliphatic heterocycles. The van der Waals surface area contributed by atoms with Crippen LogP contribution in [0.4, 0.5) is 0 Å². The van der Waals surface area contributed by atoms with Gasteiger partial charge < -0.3 is 14.8 Å². The third-order valence-corrected chi connectivity index (χ3v) is 4.75. The molecule has 3 heterocycles. The topological polar surface area (TPSA) is 56.3 Å². The van der Waals surface area contributed by atoms with Gasteiger partial charge in [0.25, 0.3) is 0 Å². The first-order valence-corrected chi connectivity index (χ1v) is 8.19. The lowest BCUT2D eigenvalue weighted by Crippen LogP contribution is -2.42. The quantitative estimate of drug-likeness (QED) is 0.941. The second kappa shape index (κ2) is 6.16. The van der Waals surface area contributed by atoms with Crippen molar-refractivity contribution in [2.75, 3.05) is 7.11 Å². The zero-order valence-corrected chi connectivity index (χ0v) is 13.2. The van der Waals surface area contributed by atoms with Crippen LogP contribution in [-0.4, -0.2) is 35.3 Å². The highest BCUT2D eigenvalue weighted by Gasteiger charge is 2.34. The summed E-state index contributed by atoms with van der Waals surface area (Å²) in [6.45, 7) is 0. The predicted octanol–water partition coefficient (Wildman–Crippen LogP) is 2.81. The SMILES string of the molecule is COc1ccc(-c2cnc(OC3C[C@H]4CC[C@@H](C3)N4)nc2)cc1. The molecule has 5 nitrogen and oxygen atoms in total. The summed E-state index contributed by atoms with van der Waals surface area (Å²) in [5.41, 5.74) is 2.04. The highest BCUT2D eigenvalue weighted by Crippen LogP contribution is 2.29. The largest absolute Gasteiger partial charge is 0.497 e.